The molecule has 0 aliphatic carbocycles. The number of rotatable bonds is 8. The van der Waals surface area contributed by atoms with Gasteiger partial charge in [0.15, 0.2) is 18.1 Å². The number of carbonyl (C=O) groups is 3. The maximum Gasteiger partial charge on any atom is 0.293 e. The minimum atomic E-state index is -0.302. The summed E-state index contributed by atoms with van der Waals surface area (Å²) in [5.41, 5.74) is 2.39. The highest BCUT2D eigenvalue weighted by molar-refractivity contribution is 8.18. The summed E-state index contributed by atoms with van der Waals surface area (Å²) >= 11 is 0.914. The van der Waals surface area contributed by atoms with Crippen molar-refractivity contribution in [3.63, 3.8) is 0 Å². The Kier molecular flexibility index (Phi) is 7.36. The molecule has 2 aromatic carbocycles. The molecular formula is C23H24N2O5S. The fourth-order valence-corrected chi connectivity index (χ4v) is 3.87. The van der Waals surface area contributed by atoms with E-state index in [0.717, 1.165) is 23.0 Å². The van der Waals surface area contributed by atoms with E-state index >= 15 is 0 Å². The number of nitrogens with zero attached hydrogens (tertiary/aromatic N) is 1. The van der Waals surface area contributed by atoms with Crippen LogP contribution in [0.2, 0.25) is 0 Å². The standard InChI is InChI=1S/C23H24N2O5S/c1-4-25-22(27)20(31-23(25)28)13-16-10-11-18(19(12-16)29-5-2)30-14-21(26)24-17-9-7-6-8-15(17)3/h6-13H,4-5,14H2,1-3H3,(H,24,26)/b20-13-. The molecule has 3 rings (SSSR count). The van der Waals surface area contributed by atoms with Crippen LogP contribution < -0.4 is 14.8 Å². The van der Waals surface area contributed by atoms with Gasteiger partial charge in [0, 0.05) is 12.2 Å². The lowest BCUT2D eigenvalue weighted by atomic mass is 10.2. The van der Waals surface area contributed by atoms with E-state index in [-0.39, 0.29) is 23.7 Å². The van der Waals surface area contributed by atoms with Gasteiger partial charge in [-0.3, -0.25) is 19.3 Å². The summed E-state index contributed by atoms with van der Waals surface area (Å²) in [7, 11) is 0. The molecule has 0 radical (unpaired) electrons. The number of aryl methyl sites for hydroxylation is 1. The maximum atomic E-state index is 12.3. The number of likely N-dealkylation sites (N-methyl/N-ethyl adjacent to an activating group) is 1. The summed E-state index contributed by atoms with van der Waals surface area (Å²) in [6, 6.07) is 12.6. The summed E-state index contributed by atoms with van der Waals surface area (Å²) in [6.45, 7) is 6.08. The summed E-state index contributed by atoms with van der Waals surface area (Å²) in [5.74, 6) is 0.285. The first-order valence-corrected chi connectivity index (χ1v) is 10.7. The lowest BCUT2D eigenvalue weighted by molar-refractivity contribution is -0.122. The van der Waals surface area contributed by atoms with Crippen LogP contribution in [0.5, 0.6) is 11.5 Å². The van der Waals surface area contributed by atoms with Crippen LogP contribution in [-0.4, -0.2) is 41.7 Å². The normalized spacial score (nSPS) is 14.8. The molecule has 1 saturated heterocycles. The van der Waals surface area contributed by atoms with Crippen molar-refractivity contribution in [3.8, 4) is 11.5 Å². The highest BCUT2D eigenvalue weighted by Gasteiger charge is 2.33. The van der Waals surface area contributed by atoms with Crippen molar-refractivity contribution in [2.24, 2.45) is 0 Å². The molecule has 0 unspecified atom stereocenters. The molecule has 0 atom stereocenters. The molecule has 1 aliphatic rings. The molecule has 1 fully saturated rings. The van der Waals surface area contributed by atoms with Gasteiger partial charge in [0.25, 0.3) is 17.1 Å². The number of anilines is 1. The molecule has 0 saturated carbocycles. The number of ether oxygens (including phenoxy) is 2. The summed E-state index contributed by atoms with van der Waals surface area (Å²) in [4.78, 5) is 38.0. The van der Waals surface area contributed by atoms with Crippen LogP contribution in [-0.2, 0) is 9.59 Å². The zero-order valence-corrected chi connectivity index (χ0v) is 18.5. The quantitative estimate of drug-likeness (QED) is 0.610. The second kappa shape index (κ2) is 10.2. The number of hydrogen-bond acceptors (Lipinski definition) is 6. The van der Waals surface area contributed by atoms with E-state index in [1.807, 2.05) is 38.1 Å². The van der Waals surface area contributed by atoms with Crippen molar-refractivity contribution < 1.29 is 23.9 Å². The number of nitrogens with one attached hydrogen (secondary N) is 1. The first kappa shape index (κ1) is 22.4. The fourth-order valence-electron chi connectivity index (χ4n) is 2.97. The Labute approximate surface area is 185 Å². The monoisotopic (exact) mass is 440 g/mol. The van der Waals surface area contributed by atoms with Crippen LogP contribution >= 0.6 is 11.8 Å². The number of imide groups is 1. The van der Waals surface area contributed by atoms with Crippen LogP contribution in [0.1, 0.15) is 25.0 Å². The molecule has 31 heavy (non-hydrogen) atoms. The first-order valence-electron chi connectivity index (χ1n) is 9.93. The molecule has 1 aliphatic heterocycles. The molecule has 1 N–H and O–H groups in total. The predicted molar refractivity (Wildman–Crippen MR) is 121 cm³/mol. The van der Waals surface area contributed by atoms with Crippen LogP contribution in [0, 0.1) is 6.92 Å². The summed E-state index contributed by atoms with van der Waals surface area (Å²) in [5, 5.41) is 2.54. The zero-order chi connectivity index (χ0) is 22.4. The van der Waals surface area contributed by atoms with Gasteiger partial charge in [-0.15, -0.1) is 0 Å². The van der Waals surface area contributed by atoms with Crippen molar-refractivity contribution in [2.45, 2.75) is 20.8 Å². The Bertz CT molecular complexity index is 1030. The first-order chi connectivity index (χ1) is 14.9. The largest absolute Gasteiger partial charge is 0.490 e. The Morgan fingerprint density at radius 3 is 2.55 bits per heavy atom. The van der Waals surface area contributed by atoms with Gasteiger partial charge in [0.05, 0.1) is 11.5 Å². The third kappa shape index (κ3) is 5.46. The smallest absolute Gasteiger partial charge is 0.293 e. The van der Waals surface area contributed by atoms with E-state index in [4.69, 9.17) is 9.47 Å². The van der Waals surface area contributed by atoms with Gasteiger partial charge < -0.3 is 14.8 Å². The number of carbonyl (C=O) groups excluding carboxylic acids is 3. The van der Waals surface area contributed by atoms with E-state index in [0.29, 0.717) is 35.1 Å². The average Bonchev–Trinajstić information content (AvgIpc) is 3.01. The van der Waals surface area contributed by atoms with Gasteiger partial charge in [-0.25, -0.2) is 0 Å². The van der Waals surface area contributed by atoms with Gasteiger partial charge in [-0.2, -0.15) is 0 Å². The molecule has 7 nitrogen and oxygen atoms in total. The van der Waals surface area contributed by atoms with E-state index in [9.17, 15) is 14.4 Å². The Balaban J connectivity index is 1.71. The van der Waals surface area contributed by atoms with Crippen LogP contribution in [0.4, 0.5) is 10.5 Å². The van der Waals surface area contributed by atoms with Gasteiger partial charge in [-0.1, -0.05) is 24.3 Å². The maximum absolute atomic E-state index is 12.3. The molecule has 2 aromatic rings. The highest BCUT2D eigenvalue weighted by atomic mass is 32.2. The second-order valence-corrected chi connectivity index (χ2v) is 7.71. The minimum Gasteiger partial charge on any atom is -0.490 e. The molecule has 0 bridgehead atoms. The van der Waals surface area contributed by atoms with Gasteiger partial charge in [0.1, 0.15) is 0 Å². The summed E-state index contributed by atoms with van der Waals surface area (Å²) < 4.78 is 11.3. The van der Waals surface area contributed by atoms with E-state index in [1.165, 1.54) is 4.90 Å². The van der Waals surface area contributed by atoms with Gasteiger partial charge in [0.2, 0.25) is 0 Å². The number of para-hydroxylation sites is 1. The van der Waals surface area contributed by atoms with Gasteiger partial charge >= 0.3 is 0 Å². The molecule has 0 spiro atoms. The Morgan fingerprint density at radius 2 is 1.87 bits per heavy atom. The number of thioether (sulfide) groups is 1. The molecular weight excluding hydrogens is 416 g/mol. The van der Waals surface area contributed by atoms with Crippen molar-refractivity contribution in [3.05, 3.63) is 58.5 Å². The second-order valence-electron chi connectivity index (χ2n) is 6.72. The van der Waals surface area contributed by atoms with Crippen molar-refractivity contribution in [1.82, 2.24) is 4.90 Å². The lowest BCUT2D eigenvalue weighted by Crippen LogP contribution is -2.27. The molecule has 1 heterocycles. The van der Waals surface area contributed by atoms with E-state index < -0.39 is 0 Å². The minimum absolute atomic E-state index is 0.177. The Morgan fingerprint density at radius 1 is 1.10 bits per heavy atom. The Hall–Kier alpha value is -3.26. The lowest BCUT2D eigenvalue weighted by Gasteiger charge is -2.13. The van der Waals surface area contributed by atoms with E-state index in [2.05, 4.69) is 5.32 Å². The average molecular weight is 441 g/mol. The SMILES string of the molecule is CCOc1cc(/C=C2\SC(=O)N(CC)C2=O)ccc1OCC(=O)Nc1ccccc1C. The van der Waals surface area contributed by atoms with Crippen LogP contribution in [0.15, 0.2) is 47.4 Å². The topological polar surface area (TPSA) is 84.9 Å². The van der Waals surface area contributed by atoms with Crippen molar-refractivity contribution in [2.75, 3.05) is 25.1 Å². The summed E-state index contributed by atoms with van der Waals surface area (Å²) in [6.07, 6.45) is 1.65. The molecule has 162 valence electrons. The zero-order valence-electron chi connectivity index (χ0n) is 17.6. The molecule has 0 aromatic heterocycles. The molecule has 3 amide bonds. The van der Waals surface area contributed by atoms with Crippen molar-refractivity contribution >= 4 is 40.6 Å². The van der Waals surface area contributed by atoms with E-state index in [1.54, 1.807) is 31.2 Å². The highest BCUT2D eigenvalue weighted by Crippen LogP contribution is 2.34. The number of hydrogen-bond donors (Lipinski definition) is 1. The number of amides is 3. The third-order valence-corrected chi connectivity index (χ3v) is 5.44. The third-order valence-electron chi connectivity index (χ3n) is 4.53. The van der Waals surface area contributed by atoms with Gasteiger partial charge in [-0.05, 0) is 67.9 Å². The fraction of sp³-hybridized carbons (Fsp3) is 0.261. The number of benzene rings is 2. The molecule has 8 heteroatoms. The van der Waals surface area contributed by atoms with Crippen LogP contribution in [0.25, 0.3) is 6.08 Å². The van der Waals surface area contributed by atoms with Crippen molar-refractivity contribution in [1.29, 1.82) is 0 Å². The van der Waals surface area contributed by atoms with Crippen LogP contribution in [0.3, 0.4) is 0 Å². The predicted octanol–water partition coefficient (Wildman–Crippen LogP) is 4.47.